The molecular formula is C23H33NO2. The third-order valence-corrected chi connectivity index (χ3v) is 4.49. The van der Waals surface area contributed by atoms with E-state index in [4.69, 9.17) is 15.2 Å². The minimum absolute atomic E-state index is 0.518. The molecule has 0 aliphatic rings. The van der Waals surface area contributed by atoms with Gasteiger partial charge in [0.05, 0.1) is 0 Å². The summed E-state index contributed by atoms with van der Waals surface area (Å²) in [5.74, 6) is 1.71. The number of benzene rings is 2. The largest absolute Gasteiger partial charge is 0.490 e. The molecule has 0 amide bonds. The average molecular weight is 356 g/mol. The molecule has 0 fully saturated rings. The van der Waals surface area contributed by atoms with Crippen LogP contribution in [0.25, 0.3) is 0 Å². The number of nitrogens with two attached hydrogens (primary N) is 1. The Balaban J connectivity index is 1.56. The molecule has 0 saturated heterocycles. The normalized spacial score (nSPS) is 10.7. The summed E-state index contributed by atoms with van der Waals surface area (Å²) in [6.45, 7) is 3.31. The van der Waals surface area contributed by atoms with Gasteiger partial charge in [0.25, 0.3) is 0 Å². The first kappa shape index (κ1) is 20.2. The van der Waals surface area contributed by atoms with Gasteiger partial charge in [-0.05, 0) is 54.8 Å². The fourth-order valence-corrected chi connectivity index (χ4v) is 2.92. The highest BCUT2D eigenvalue weighted by Crippen LogP contribution is 2.16. The summed E-state index contributed by atoms with van der Waals surface area (Å²) in [7, 11) is 0. The Morgan fingerprint density at radius 1 is 0.654 bits per heavy atom. The van der Waals surface area contributed by atoms with Crippen molar-refractivity contribution in [2.75, 3.05) is 18.9 Å². The number of hydrogen-bond acceptors (Lipinski definition) is 3. The molecule has 2 N–H and O–H groups in total. The Morgan fingerprint density at radius 3 is 1.73 bits per heavy atom. The van der Waals surface area contributed by atoms with E-state index in [2.05, 4.69) is 31.2 Å². The second-order valence-electron chi connectivity index (χ2n) is 6.78. The quantitative estimate of drug-likeness (QED) is 0.353. The van der Waals surface area contributed by atoms with Crippen molar-refractivity contribution in [2.45, 2.75) is 58.3 Å². The zero-order valence-electron chi connectivity index (χ0n) is 16.1. The van der Waals surface area contributed by atoms with Crippen molar-refractivity contribution >= 4 is 5.69 Å². The fraction of sp³-hybridized carbons (Fsp3) is 0.478. The highest BCUT2D eigenvalue weighted by atomic mass is 16.5. The van der Waals surface area contributed by atoms with Crippen molar-refractivity contribution < 1.29 is 9.47 Å². The molecule has 3 heteroatoms. The van der Waals surface area contributed by atoms with E-state index < -0.39 is 0 Å². The Hall–Kier alpha value is -2.16. The van der Waals surface area contributed by atoms with Crippen LogP contribution >= 0.6 is 0 Å². The molecule has 0 heterocycles. The zero-order valence-corrected chi connectivity index (χ0v) is 16.1. The van der Waals surface area contributed by atoms with Crippen LogP contribution in [0, 0.1) is 0 Å². The van der Waals surface area contributed by atoms with E-state index in [-0.39, 0.29) is 0 Å². The summed E-state index contributed by atoms with van der Waals surface area (Å²) in [5.41, 5.74) is 7.79. The van der Waals surface area contributed by atoms with Crippen molar-refractivity contribution in [2.24, 2.45) is 0 Å². The van der Waals surface area contributed by atoms with E-state index in [0.717, 1.165) is 23.6 Å². The summed E-state index contributed by atoms with van der Waals surface area (Å²) in [6.07, 6.45) is 10.6. The predicted molar refractivity (Wildman–Crippen MR) is 110 cm³/mol. The van der Waals surface area contributed by atoms with Crippen LogP contribution in [0.5, 0.6) is 11.5 Å². The molecule has 0 bridgehead atoms. The van der Waals surface area contributed by atoms with E-state index in [1.807, 2.05) is 24.3 Å². The minimum atomic E-state index is 0.518. The molecule has 2 rings (SSSR count). The lowest BCUT2D eigenvalue weighted by Crippen LogP contribution is -2.09. The van der Waals surface area contributed by atoms with Crippen LogP contribution in [0.4, 0.5) is 5.69 Å². The predicted octanol–water partition coefficient (Wildman–Crippen LogP) is 6.02. The minimum Gasteiger partial charge on any atom is -0.490 e. The SMILES string of the molecule is CCCCCCCCCc1ccc(OCCOc2ccc(N)cc2)cc1. The third kappa shape index (κ3) is 8.28. The smallest absolute Gasteiger partial charge is 0.122 e. The molecule has 0 saturated carbocycles. The number of rotatable bonds is 13. The molecule has 0 atom stereocenters. The first-order valence-electron chi connectivity index (χ1n) is 9.98. The molecule has 0 unspecified atom stereocenters. The van der Waals surface area contributed by atoms with Gasteiger partial charge in [0.1, 0.15) is 24.7 Å². The van der Waals surface area contributed by atoms with Gasteiger partial charge >= 0.3 is 0 Å². The van der Waals surface area contributed by atoms with Gasteiger partial charge in [-0.3, -0.25) is 0 Å². The first-order valence-corrected chi connectivity index (χ1v) is 9.98. The molecule has 0 aliphatic carbocycles. The Bertz CT molecular complexity index is 593. The third-order valence-electron chi connectivity index (χ3n) is 4.49. The van der Waals surface area contributed by atoms with Gasteiger partial charge in [-0.1, -0.05) is 57.6 Å². The van der Waals surface area contributed by atoms with Crippen LogP contribution in [0.3, 0.4) is 0 Å². The summed E-state index contributed by atoms with van der Waals surface area (Å²) in [5, 5.41) is 0. The van der Waals surface area contributed by atoms with Crippen LogP contribution in [0.1, 0.15) is 57.4 Å². The maximum Gasteiger partial charge on any atom is 0.122 e. The van der Waals surface area contributed by atoms with Crippen molar-refractivity contribution in [1.29, 1.82) is 0 Å². The summed E-state index contributed by atoms with van der Waals surface area (Å²) in [4.78, 5) is 0. The van der Waals surface area contributed by atoms with Gasteiger partial charge in [-0.25, -0.2) is 0 Å². The van der Waals surface area contributed by atoms with Crippen molar-refractivity contribution in [3.63, 3.8) is 0 Å². The monoisotopic (exact) mass is 355 g/mol. The molecule has 3 nitrogen and oxygen atoms in total. The fourth-order valence-electron chi connectivity index (χ4n) is 2.92. The lowest BCUT2D eigenvalue weighted by Gasteiger charge is -2.09. The molecule has 0 radical (unpaired) electrons. The molecule has 26 heavy (non-hydrogen) atoms. The second kappa shape index (κ2) is 12.2. The van der Waals surface area contributed by atoms with Gasteiger partial charge in [-0.15, -0.1) is 0 Å². The highest BCUT2D eigenvalue weighted by Gasteiger charge is 1.98. The highest BCUT2D eigenvalue weighted by molar-refractivity contribution is 5.41. The van der Waals surface area contributed by atoms with Crippen molar-refractivity contribution in [1.82, 2.24) is 0 Å². The van der Waals surface area contributed by atoms with E-state index in [1.165, 1.54) is 50.5 Å². The Morgan fingerprint density at radius 2 is 1.15 bits per heavy atom. The van der Waals surface area contributed by atoms with Crippen LogP contribution in [0.15, 0.2) is 48.5 Å². The lowest BCUT2D eigenvalue weighted by atomic mass is 10.0. The summed E-state index contributed by atoms with van der Waals surface area (Å²) in [6, 6.07) is 15.9. The zero-order chi connectivity index (χ0) is 18.5. The van der Waals surface area contributed by atoms with Gasteiger partial charge in [0, 0.05) is 5.69 Å². The molecule has 2 aromatic rings. The molecule has 2 aromatic carbocycles. The number of hydrogen-bond donors (Lipinski definition) is 1. The van der Waals surface area contributed by atoms with E-state index in [1.54, 1.807) is 0 Å². The van der Waals surface area contributed by atoms with Crippen molar-refractivity contribution in [3.8, 4) is 11.5 Å². The standard InChI is InChI=1S/C23H33NO2/c1-2-3-4-5-6-7-8-9-20-10-14-22(15-11-20)25-18-19-26-23-16-12-21(24)13-17-23/h10-17H,2-9,18-19,24H2,1H3. The van der Waals surface area contributed by atoms with Gasteiger partial charge in [0.15, 0.2) is 0 Å². The van der Waals surface area contributed by atoms with E-state index in [0.29, 0.717) is 13.2 Å². The number of aryl methyl sites for hydroxylation is 1. The Labute approximate surface area is 158 Å². The van der Waals surface area contributed by atoms with Gasteiger partial charge < -0.3 is 15.2 Å². The topological polar surface area (TPSA) is 44.5 Å². The molecule has 142 valence electrons. The van der Waals surface area contributed by atoms with Crippen LogP contribution < -0.4 is 15.2 Å². The number of anilines is 1. The molecular weight excluding hydrogens is 322 g/mol. The first-order chi connectivity index (χ1) is 12.8. The van der Waals surface area contributed by atoms with Crippen LogP contribution in [-0.2, 0) is 6.42 Å². The molecule has 0 aliphatic heterocycles. The van der Waals surface area contributed by atoms with Crippen LogP contribution in [0.2, 0.25) is 0 Å². The maximum absolute atomic E-state index is 5.74. The maximum atomic E-state index is 5.74. The van der Waals surface area contributed by atoms with Crippen molar-refractivity contribution in [3.05, 3.63) is 54.1 Å². The molecule has 0 spiro atoms. The summed E-state index contributed by atoms with van der Waals surface area (Å²) < 4.78 is 11.4. The van der Waals surface area contributed by atoms with Gasteiger partial charge in [0.2, 0.25) is 0 Å². The van der Waals surface area contributed by atoms with Crippen LogP contribution in [-0.4, -0.2) is 13.2 Å². The Kier molecular flexibility index (Phi) is 9.48. The second-order valence-corrected chi connectivity index (χ2v) is 6.78. The van der Waals surface area contributed by atoms with Gasteiger partial charge in [-0.2, -0.15) is 0 Å². The lowest BCUT2D eigenvalue weighted by molar-refractivity contribution is 0.217. The number of ether oxygens (including phenoxy) is 2. The summed E-state index contributed by atoms with van der Waals surface area (Å²) >= 11 is 0. The van der Waals surface area contributed by atoms with E-state index >= 15 is 0 Å². The average Bonchev–Trinajstić information content (AvgIpc) is 2.67. The number of nitrogen functional groups attached to an aromatic ring is 1. The molecule has 0 aromatic heterocycles. The van der Waals surface area contributed by atoms with E-state index in [9.17, 15) is 0 Å². The number of unbranched alkanes of at least 4 members (excludes halogenated alkanes) is 6.